The van der Waals surface area contributed by atoms with Gasteiger partial charge in [-0.15, -0.1) is 11.6 Å². The van der Waals surface area contributed by atoms with Gasteiger partial charge in [0.2, 0.25) is 0 Å². The van der Waals surface area contributed by atoms with Gasteiger partial charge >= 0.3 is 0 Å². The van der Waals surface area contributed by atoms with Gasteiger partial charge in [-0.3, -0.25) is 0 Å². The number of benzene rings is 1. The summed E-state index contributed by atoms with van der Waals surface area (Å²) in [5.41, 5.74) is 0.150. The number of halogens is 4. The highest BCUT2D eigenvalue weighted by Gasteiger charge is 2.53. The van der Waals surface area contributed by atoms with E-state index in [1.807, 2.05) is 0 Å². The zero-order chi connectivity index (χ0) is 14.2. The minimum atomic E-state index is 0.150. The summed E-state index contributed by atoms with van der Waals surface area (Å²) in [5, 5.41) is 0.256. The normalized spacial score (nSPS) is 24.9. The number of rotatable bonds is 4. The SMILES string of the molecule is CCC1(CC)C(Cl)CC1Oc1c(I)cc(I)cc1I. The Balaban J connectivity index is 2.23. The van der Waals surface area contributed by atoms with Crippen LogP contribution in [-0.2, 0) is 0 Å². The molecule has 0 amide bonds. The first-order valence-corrected chi connectivity index (χ1v) is 10.1. The summed E-state index contributed by atoms with van der Waals surface area (Å²) in [6.07, 6.45) is 3.38. The number of alkyl halides is 1. The van der Waals surface area contributed by atoms with E-state index >= 15 is 0 Å². The third kappa shape index (κ3) is 3.16. The predicted molar refractivity (Wildman–Crippen MR) is 106 cm³/mol. The molecule has 2 atom stereocenters. The quantitative estimate of drug-likeness (QED) is 0.295. The fourth-order valence-corrected chi connectivity index (χ4v) is 7.24. The molecule has 0 radical (unpaired) electrons. The fraction of sp³-hybridized carbons (Fsp3) is 0.571. The van der Waals surface area contributed by atoms with Crippen molar-refractivity contribution in [2.24, 2.45) is 5.41 Å². The van der Waals surface area contributed by atoms with Gasteiger partial charge in [0.1, 0.15) is 11.9 Å². The molecule has 0 N–H and O–H groups in total. The van der Waals surface area contributed by atoms with Crippen molar-refractivity contribution in [2.45, 2.75) is 44.6 Å². The molecule has 1 aliphatic rings. The smallest absolute Gasteiger partial charge is 0.146 e. The first-order valence-electron chi connectivity index (χ1n) is 6.39. The van der Waals surface area contributed by atoms with Crippen molar-refractivity contribution < 1.29 is 4.74 Å². The first-order chi connectivity index (χ1) is 8.94. The van der Waals surface area contributed by atoms with Crippen LogP contribution in [-0.4, -0.2) is 11.5 Å². The van der Waals surface area contributed by atoms with Crippen LogP contribution in [0.25, 0.3) is 0 Å². The summed E-state index contributed by atoms with van der Waals surface area (Å²) in [5.74, 6) is 1.03. The molecule has 2 unspecified atom stereocenters. The van der Waals surface area contributed by atoms with E-state index in [0.717, 1.165) is 25.0 Å². The zero-order valence-corrected chi connectivity index (χ0v) is 18.1. The van der Waals surface area contributed by atoms with Crippen LogP contribution < -0.4 is 4.74 Å². The third-order valence-electron chi connectivity index (χ3n) is 4.23. The van der Waals surface area contributed by atoms with Gasteiger partial charge < -0.3 is 4.74 Å². The highest BCUT2D eigenvalue weighted by atomic mass is 127. The molecular formula is C14H16ClI3O. The molecule has 0 bridgehead atoms. The lowest BCUT2D eigenvalue weighted by Crippen LogP contribution is -2.56. The molecule has 2 rings (SSSR count). The van der Waals surface area contributed by atoms with Crippen molar-refractivity contribution in [1.29, 1.82) is 0 Å². The fourth-order valence-electron chi connectivity index (χ4n) is 2.80. The van der Waals surface area contributed by atoms with Crippen molar-refractivity contribution in [3.05, 3.63) is 22.8 Å². The van der Waals surface area contributed by atoms with Crippen molar-refractivity contribution in [1.82, 2.24) is 0 Å². The molecule has 1 nitrogen and oxygen atoms in total. The Morgan fingerprint density at radius 1 is 1.21 bits per heavy atom. The van der Waals surface area contributed by atoms with E-state index in [1.54, 1.807) is 0 Å². The van der Waals surface area contributed by atoms with Crippen molar-refractivity contribution in [3.63, 3.8) is 0 Å². The van der Waals surface area contributed by atoms with E-state index in [-0.39, 0.29) is 16.9 Å². The molecule has 5 heteroatoms. The van der Waals surface area contributed by atoms with Gasteiger partial charge in [0, 0.05) is 20.8 Å². The Labute approximate surface area is 161 Å². The largest absolute Gasteiger partial charge is 0.488 e. The summed E-state index contributed by atoms with van der Waals surface area (Å²) in [6.45, 7) is 4.44. The van der Waals surface area contributed by atoms with Gasteiger partial charge in [-0.2, -0.15) is 0 Å². The Kier molecular flexibility index (Phi) is 5.97. The Hall–Kier alpha value is 1.50. The lowest BCUT2D eigenvalue weighted by molar-refractivity contribution is -0.0471. The molecular weight excluding hydrogens is 600 g/mol. The molecule has 0 spiro atoms. The van der Waals surface area contributed by atoms with Gasteiger partial charge in [0.25, 0.3) is 0 Å². The minimum absolute atomic E-state index is 0.150. The van der Waals surface area contributed by atoms with Gasteiger partial charge in [-0.1, -0.05) is 13.8 Å². The first kappa shape index (κ1) is 16.9. The summed E-state index contributed by atoms with van der Waals surface area (Å²) < 4.78 is 9.96. The molecule has 0 aliphatic heterocycles. The van der Waals surface area contributed by atoms with Crippen LogP contribution >= 0.6 is 79.4 Å². The topological polar surface area (TPSA) is 9.23 Å². The summed E-state index contributed by atoms with van der Waals surface area (Å²) >= 11 is 13.5. The van der Waals surface area contributed by atoms with E-state index < -0.39 is 0 Å². The van der Waals surface area contributed by atoms with Crippen LogP contribution in [0.5, 0.6) is 5.75 Å². The highest BCUT2D eigenvalue weighted by molar-refractivity contribution is 14.1. The molecule has 1 aliphatic carbocycles. The number of hydrogen-bond acceptors (Lipinski definition) is 1. The van der Waals surface area contributed by atoms with E-state index in [9.17, 15) is 0 Å². The van der Waals surface area contributed by atoms with Crippen LogP contribution in [0.15, 0.2) is 12.1 Å². The second kappa shape index (κ2) is 6.73. The van der Waals surface area contributed by atoms with Crippen LogP contribution in [0.1, 0.15) is 33.1 Å². The summed E-state index contributed by atoms with van der Waals surface area (Å²) in [7, 11) is 0. The monoisotopic (exact) mass is 616 g/mol. The zero-order valence-electron chi connectivity index (χ0n) is 10.9. The molecule has 1 saturated carbocycles. The van der Waals surface area contributed by atoms with E-state index in [2.05, 4.69) is 93.8 Å². The molecule has 0 saturated heterocycles. The Bertz CT molecular complexity index is 451. The average molecular weight is 616 g/mol. The second-order valence-electron chi connectivity index (χ2n) is 4.95. The lowest BCUT2D eigenvalue weighted by atomic mass is 9.62. The van der Waals surface area contributed by atoms with Crippen molar-refractivity contribution in [2.75, 3.05) is 0 Å². The van der Waals surface area contributed by atoms with Gasteiger partial charge in [-0.25, -0.2) is 0 Å². The van der Waals surface area contributed by atoms with Crippen LogP contribution in [0, 0.1) is 16.1 Å². The van der Waals surface area contributed by atoms with Crippen LogP contribution in [0.2, 0.25) is 0 Å². The van der Waals surface area contributed by atoms with Crippen molar-refractivity contribution in [3.8, 4) is 5.75 Å². The molecule has 0 heterocycles. The third-order valence-corrected chi connectivity index (χ3v) is 7.06. The lowest BCUT2D eigenvalue weighted by Gasteiger charge is -2.52. The standard InChI is InChI=1S/C14H16ClI3O/c1-3-14(4-2)11(15)7-12(14)19-13-9(17)5-8(16)6-10(13)18/h5-6,11-12H,3-4,7H2,1-2H3. The minimum Gasteiger partial charge on any atom is -0.488 e. The predicted octanol–water partition coefficient (Wildman–Crippen LogP) is 6.07. The second-order valence-corrected chi connectivity index (χ2v) is 9.05. The molecule has 19 heavy (non-hydrogen) atoms. The Morgan fingerprint density at radius 3 is 2.16 bits per heavy atom. The van der Waals surface area contributed by atoms with Gasteiger partial charge in [0.15, 0.2) is 0 Å². The molecule has 1 fully saturated rings. The molecule has 106 valence electrons. The number of hydrogen-bond donors (Lipinski definition) is 0. The van der Waals surface area contributed by atoms with E-state index in [4.69, 9.17) is 16.3 Å². The molecule has 1 aromatic rings. The maximum absolute atomic E-state index is 6.45. The van der Waals surface area contributed by atoms with Gasteiger partial charge in [-0.05, 0) is 92.7 Å². The maximum Gasteiger partial charge on any atom is 0.146 e. The highest BCUT2D eigenvalue weighted by Crippen LogP contribution is 2.52. The van der Waals surface area contributed by atoms with Gasteiger partial charge in [0.05, 0.1) is 7.14 Å². The summed E-state index contributed by atoms with van der Waals surface area (Å²) in [6, 6.07) is 4.32. The van der Waals surface area contributed by atoms with E-state index in [1.165, 1.54) is 10.7 Å². The van der Waals surface area contributed by atoms with Crippen LogP contribution in [0.4, 0.5) is 0 Å². The molecule has 0 aromatic heterocycles. The Morgan fingerprint density at radius 2 is 1.74 bits per heavy atom. The molecule has 1 aromatic carbocycles. The van der Waals surface area contributed by atoms with E-state index in [0.29, 0.717) is 0 Å². The van der Waals surface area contributed by atoms with Crippen LogP contribution in [0.3, 0.4) is 0 Å². The number of ether oxygens (including phenoxy) is 1. The summed E-state index contributed by atoms with van der Waals surface area (Å²) in [4.78, 5) is 0. The van der Waals surface area contributed by atoms with Crippen molar-refractivity contribution >= 4 is 79.4 Å². The average Bonchev–Trinajstić information content (AvgIpc) is 2.33. The maximum atomic E-state index is 6.45.